The van der Waals surface area contributed by atoms with E-state index in [-0.39, 0.29) is 42.6 Å². The molecule has 9 heteroatoms. The van der Waals surface area contributed by atoms with Gasteiger partial charge in [0.25, 0.3) is 5.69 Å². The number of carbonyl (C=O) groups excluding carboxylic acids is 2. The van der Waals surface area contributed by atoms with Gasteiger partial charge in [-0.2, -0.15) is 0 Å². The zero-order valence-corrected chi connectivity index (χ0v) is 21.1. The molecule has 0 unspecified atom stereocenters. The molecule has 1 aliphatic carbocycles. The minimum Gasteiger partial charge on any atom is -0.497 e. The number of dihydropyridines is 1. The van der Waals surface area contributed by atoms with Gasteiger partial charge in [-0.25, -0.2) is 4.79 Å². The number of ketones is 1. The van der Waals surface area contributed by atoms with E-state index in [1.165, 1.54) is 12.1 Å². The molecule has 0 spiro atoms. The van der Waals surface area contributed by atoms with Crippen molar-refractivity contribution in [1.29, 1.82) is 0 Å². The number of allylic oxidation sites excluding steroid dienone is 3. The molecule has 0 saturated heterocycles. The Hall–Kier alpha value is -3.98. The number of nitro groups is 1. The number of benzene rings is 2. The Kier molecular flexibility index (Phi) is 8.03. The number of hydrogen-bond acceptors (Lipinski definition) is 8. The molecule has 2 atom stereocenters. The number of ether oxygens (including phenoxy) is 3. The van der Waals surface area contributed by atoms with Crippen molar-refractivity contribution in [3.05, 3.63) is 92.3 Å². The molecule has 0 radical (unpaired) electrons. The van der Waals surface area contributed by atoms with Crippen molar-refractivity contribution in [2.75, 3.05) is 26.9 Å². The molecule has 2 aromatic rings. The van der Waals surface area contributed by atoms with Crippen LogP contribution in [-0.4, -0.2) is 43.6 Å². The predicted octanol–water partition coefficient (Wildman–Crippen LogP) is 4.54. The molecule has 1 aliphatic heterocycles. The first-order chi connectivity index (χ1) is 17.8. The molecular weight excluding hydrogens is 476 g/mol. The van der Waals surface area contributed by atoms with Crippen molar-refractivity contribution in [3.8, 4) is 5.75 Å². The van der Waals surface area contributed by atoms with Crippen molar-refractivity contribution in [2.24, 2.45) is 0 Å². The fourth-order valence-corrected chi connectivity index (χ4v) is 4.99. The summed E-state index contributed by atoms with van der Waals surface area (Å²) in [6, 6.07) is 13.7. The SMILES string of the molecule is CCOCCOC(=O)C1=C(C)NC2=C(C(=O)C[C@H](c3ccc(OC)cc3)C2)[C@@H]1c1cccc([N+](=O)[O-])c1. The Morgan fingerprint density at radius 1 is 1.11 bits per heavy atom. The lowest BCUT2D eigenvalue weighted by atomic mass is 9.71. The van der Waals surface area contributed by atoms with Crippen LogP contribution >= 0.6 is 0 Å². The van der Waals surface area contributed by atoms with Crippen molar-refractivity contribution in [3.63, 3.8) is 0 Å². The van der Waals surface area contributed by atoms with Gasteiger partial charge >= 0.3 is 5.97 Å². The number of nitrogens with zero attached hydrogens (tertiary/aromatic N) is 1. The van der Waals surface area contributed by atoms with Crippen LogP contribution in [0.5, 0.6) is 5.75 Å². The van der Waals surface area contributed by atoms with Crippen LogP contribution in [0, 0.1) is 10.1 Å². The number of Topliss-reactive ketones (excluding diaryl/α,β-unsaturated/α-hetero) is 1. The van der Waals surface area contributed by atoms with Gasteiger partial charge in [-0.1, -0.05) is 24.3 Å². The maximum absolute atomic E-state index is 13.7. The van der Waals surface area contributed by atoms with Crippen LogP contribution in [0.15, 0.2) is 71.1 Å². The number of rotatable bonds is 9. The zero-order valence-electron chi connectivity index (χ0n) is 21.1. The van der Waals surface area contributed by atoms with Crippen LogP contribution in [0.4, 0.5) is 5.69 Å². The van der Waals surface area contributed by atoms with E-state index in [0.717, 1.165) is 17.0 Å². The largest absolute Gasteiger partial charge is 0.497 e. The molecule has 2 aromatic carbocycles. The highest BCUT2D eigenvalue weighted by molar-refractivity contribution is 6.04. The van der Waals surface area contributed by atoms with Gasteiger partial charge in [0.2, 0.25) is 0 Å². The molecule has 0 saturated carbocycles. The van der Waals surface area contributed by atoms with Crippen molar-refractivity contribution in [1.82, 2.24) is 5.32 Å². The van der Waals surface area contributed by atoms with E-state index in [2.05, 4.69) is 5.32 Å². The standard InChI is InChI=1S/C28H30N2O7/c1-4-36-12-13-37-28(32)25-17(2)29-23-15-20(18-8-10-22(35-3)11-9-18)16-24(31)27(23)26(25)19-6-5-7-21(14-19)30(33)34/h5-11,14,20,26,29H,4,12-13,15-16H2,1-3H3/t20-,26-/m1/s1. The molecule has 2 aliphatic rings. The normalized spacial score (nSPS) is 19.3. The lowest BCUT2D eigenvalue weighted by molar-refractivity contribution is -0.384. The van der Waals surface area contributed by atoms with E-state index < -0.39 is 16.8 Å². The average Bonchev–Trinajstić information content (AvgIpc) is 2.90. The third-order valence-corrected chi connectivity index (χ3v) is 6.71. The van der Waals surface area contributed by atoms with Gasteiger partial charge < -0.3 is 19.5 Å². The number of hydrogen-bond donors (Lipinski definition) is 1. The second-order valence-electron chi connectivity index (χ2n) is 8.98. The monoisotopic (exact) mass is 506 g/mol. The summed E-state index contributed by atoms with van der Waals surface area (Å²) in [5, 5.41) is 14.8. The van der Waals surface area contributed by atoms with E-state index in [1.54, 1.807) is 26.2 Å². The third-order valence-electron chi connectivity index (χ3n) is 6.71. The summed E-state index contributed by atoms with van der Waals surface area (Å²) in [4.78, 5) is 37.9. The summed E-state index contributed by atoms with van der Waals surface area (Å²) >= 11 is 0. The number of non-ortho nitro benzene ring substituents is 1. The van der Waals surface area contributed by atoms with E-state index >= 15 is 0 Å². The highest BCUT2D eigenvalue weighted by atomic mass is 16.6. The van der Waals surface area contributed by atoms with Crippen LogP contribution in [0.1, 0.15) is 49.7 Å². The molecule has 37 heavy (non-hydrogen) atoms. The van der Waals surface area contributed by atoms with Gasteiger partial charge in [-0.3, -0.25) is 14.9 Å². The first-order valence-electron chi connectivity index (χ1n) is 12.2. The van der Waals surface area contributed by atoms with Gasteiger partial charge in [-0.15, -0.1) is 0 Å². The second kappa shape index (κ2) is 11.4. The van der Waals surface area contributed by atoms with Crippen LogP contribution < -0.4 is 10.1 Å². The van der Waals surface area contributed by atoms with E-state index in [4.69, 9.17) is 14.2 Å². The molecule has 0 aromatic heterocycles. The summed E-state index contributed by atoms with van der Waals surface area (Å²) in [5.41, 5.74) is 3.39. The maximum atomic E-state index is 13.7. The Morgan fingerprint density at radius 2 is 1.86 bits per heavy atom. The van der Waals surface area contributed by atoms with Crippen molar-refractivity contribution in [2.45, 2.75) is 38.5 Å². The van der Waals surface area contributed by atoms with Crippen molar-refractivity contribution < 1.29 is 28.7 Å². The fourth-order valence-electron chi connectivity index (χ4n) is 4.99. The number of nitro benzene ring substituents is 1. The van der Waals surface area contributed by atoms with E-state index in [9.17, 15) is 19.7 Å². The predicted molar refractivity (Wildman–Crippen MR) is 136 cm³/mol. The summed E-state index contributed by atoms with van der Waals surface area (Å²) in [5.74, 6) is -0.794. The minimum atomic E-state index is -0.778. The maximum Gasteiger partial charge on any atom is 0.336 e. The second-order valence-corrected chi connectivity index (χ2v) is 8.98. The summed E-state index contributed by atoms with van der Waals surface area (Å²) in [6.45, 7) is 4.41. The first-order valence-corrected chi connectivity index (χ1v) is 12.2. The lowest BCUT2D eigenvalue weighted by Gasteiger charge is -2.36. The molecule has 0 bridgehead atoms. The van der Waals surface area contributed by atoms with Gasteiger partial charge in [0.1, 0.15) is 12.4 Å². The van der Waals surface area contributed by atoms with E-state index in [1.807, 2.05) is 31.2 Å². The lowest BCUT2D eigenvalue weighted by Crippen LogP contribution is -2.36. The highest BCUT2D eigenvalue weighted by Crippen LogP contribution is 2.46. The van der Waals surface area contributed by atoms with Crippen LogP contribution in [0.2, 0.25) is 0 Å². The molecule has 0 amide bonds. The Balaban J connectivity index is 1.73. The van der Waals surface area contributed by atoms with Gasteiger partial charge in [0.15, 0.2) is 5.78 Å². The first kappa shape index (κ1) is 26.1. The summed E-state index contributed by atoms with van der Waals surface area (Å²) in [7, 11) is 1.60. The molecule has 194 valence electrons. The Labute approximate surface area is 215 Å². The Morgan fingerprint density at radius 3 is 2.54 bits per heavy atom. The Bertz CT molecular complexity index is 1260. The summed E-state index contributed by atoms with van der Waals surface area (Å²) < 4.78 is 16.0. The molecular formula is C28H30N2O7. The number of esters is 1. The van der Waals surface area contributed by atoms with Crippen molar-refractivity contribution >= 4 is 17.4 Å². The molecule has 4 rings (SSSR count). The van der Waals surface area contributed by atoms with Crippen LogP contribution in [0.25, 0.3) is 0 Å². The average molecular weight is 507 g/mol. The topological polar surface area (TPSA) is 117 Å². The minimum absolute atomic E-state index is 0.0529. The smallest absolute Gasteiger partial charge is 0.336 e. The number of carbonyl (C=O) groups is 2. The quantitative estimate of drug-likeness (QED) is 0.228. The summed E-state index contributed by atoms with van der Waals surface area (Å²) in [6.07, 6.45) is 0.812. The van der Waals surface area contributed by atoms with Crippen LogP contribution in [0.3, 0.4) is 0 Å². The zero-order chi connectivity index (χ0) is 26.5. The molecule has 0 fully saturated rings. The highest BCUT2D eigenvalue weighted by Gasteiger charge is 2.41. The fraction of sp³-hybridized carbons (Fsp3) is 0.357. The number of nitrogens with one attached hydrogen (secondary N) is 1. The van der Waals surface area contributed by atoms with Gasteiger partial charge in [0.05, 0.1) is 24.2 Å². The molecule has 1 heterocycles. The van der Waals surface area contributed by atoms with Crippen LogP contribution in [-0.2, 0) is 19.1 Å². The number of methoxy groups -OCH3 is 1. The van der Waals surface area contributed by atoms with E-state index in [0.29, 0.717) is 29.9 Å². The molecule has 1 N–H and O–H groups in total. The van der Waals surface area contributed by atoms with Gasteiger partial charge in [0, 0.05) is 48.0 Å². The molecule has 9 nitrogen and oxygen atoms in total. The third kappa shape index (κ3) is 5.56. The van der Waals surface area contributed by atoms with Gasteiger partial charge in [-0.05, 0) is 49.4 Å².